The molecule has 2 aliphatic rings. The molecule has 0 saturated carbocycles. The third-order valence-corrected chi connectivity index (χ3v) is 4.88. The summed E-state index contributed by atoms with van der Waals surface area (Å²) in [7, 11) is 0. The molecule has 2 saturated heterocycles. The fourth-order valence-electron chi connectivity index (χ4n) is 3.44. The van der Waals surface area contributed by atoms with Gasteiger partial charge in [-0.15, -0.1) is 0 Å². The molecule has 1 aromatic rings. The van der Waals surface area contributed by atoms with Crippen LogP contribution in [0.15, 0.2) is 24.3 Å². The van der Waals surface area contributed by atoms with Gasteiger partial charge in [0, 0.05) is 38.4 Å². The number of nitrogens with zero attached hydrogens (tertiary/aromatic N) is 2. The van der Waals surface area contributed by atoms with Crippen LogP contribution in [0.4, 0.5) is 10.5 Å². The van der Waals surface area contributed by atoms with E-state index in [0.717, 1.165) is 18.7 Å². The van der Waals surface area contributed by atoms with Crippen LogP contribution in [0.2, 0.25) is 0 Å². The summed E-state index contributed by atoms with van der Waals surface area (Å²) in [6.07, 6.45) is 3.74. The van der Waals surface area contributed by atoms with Gasteiger partial charge in [0.25, 0.3) is 0 Å². The number of carbonyl (C=O) groups excluding carboxylic acids is 2. The molecular formula is C18H26N4O2. The van der Waals surface area contributed by atoms with E-state index in [1.165, 1.54) is 24.9 Å². The third kappa shape index (κ3) is 3.63. The molecule has 0 spiro atoms. The molecule has 0 unspecified atom stereocenters. The zero-order valence-corrected chi connectivity index (χ0v) is 14.3. The zero-order chi connectivity index (χ0) is 16.9. The third-order valence-electron chi connectivity index (χ3n) is 4.88. The first-order chi connectivity index (χ1) is 11.7. The SMILES string of the molecule is C[C@@H]1C(=O)NCCN1C(=O)NCc1ccccc1N1CCCCC1. The van der Waals surface area contributed by atoms with Crippen molar-refractivity contribution < 1.29 is 9.59 Å². The number of anilines is 1. The largest absolute Gasteiger partial charge is 0.371 e. The van der Waals surface area contributed by atoms with Gasteiger partial charge in [-0.3, -0.25) is 4.79 Å². The monoisotopic (exact) mass is 330 g/mol. The Bertz CT molecular complexity index is 598. The Balaban J connectivity index is 1.64. The minimum atomic E-state index is -0.420. The number of urea groups is 1. The molecule has 0 bridgehead atoms. The number of nitrogens with one attached hydrogen (secondary N) is 2. The van der Waals surface area contributed by atoms with Crippen molar-refractivity contribution in [1.82, 2.24) is 15.5 Å². The Labute approximate surface area is 143 Å². The highest BCUT2D eigenvalue weighted by atomic mass is 16.2. The van der Waals surface area contributed by atoms with Gasteiger partial charge >= 0.3 is 6.03 Å². The minimum absolute atomic E-state index is 0.0925. The van der Waals surface area contributed by atoms with Crippen LogP contribution >= 0.6 is 0 Å². The maximum Gasteiger partial charge on any atom is 0.318 e. The fraction of sp³-hybridized carbons (Fsp3) is 0.556. The Kier molecular flexibility index (Phi) is 5.23. The van der Waals surface area contributed by atoms with Gasteiger partial charge in [0.2, 0.25) is 5.91 Å². The van der Waals surface area contributed by atoms with Crippen LogP contribution in [-0.2, 0) is 11.3 Å². The summed E-state index contributed by atoms with van der Waals surface area (Å²) < 4.78 is 0. The predicted molar refractivity (Wildman–Crippen MR) is 93.9 cm³/mol. The smallest absolute Gasteiger partial charge is 0.318 e. The molecule has 6 nitrogen and oxygen atoms in total. The second-order valence-corrected chi connectivity index (χ2v) is 6.50. The molecule has 1 aromatic carbocycles. The number of rotatable bonds is 3. The molecule has 6 heteroatoms. The average molecular weight is 330 g/mol. The van der Waals surface area contributed by atoms with Crippen molar-refractivity contribution >= 4 is 17.6 Å². The Morgan fingerprint density at radius 3 is 2.75 bits per heavy atom. The summed E-state index contributed by atoms with van der Waals surface area (Å²) in [5.41, 5.74) is 2.34. The van der Waals surface area contributed by atoms with E-state index in [9.17, 15) is 9.59 Å². The van der Waals surface area contributed by atoms with Crippen molar-refractivity contribution in [1.29, 1.82) is 0 Å². The Hall–Kier alpha value is -2.24. The van der Waals surface area contributed by atoms with E-state index in [2.05, 4.69) is 27.7 Å². The van der Waals surface area contributed by atoms with Crippen LogP contribution in [0.1, 0.15) is 31.7 Å². The van der Waals surface area contributed by atoms with Gasteiger partial charge in [-0.2, -0.15) is 0 Å². The number of hydrogen-bond acceptors (Lipinski definition) is 3. The van der Waals surface area contributed by atoms with Crippen LogP contribution in [0.3, 0.4) is 0 Å². The maximum absolute atomic E-state index is 12.4. The molecule has 0 aromatic heterocycles. The van der Waals surface area contributed by atoms with E-state index >= 15 is 0 Å². The molecule has 2 heterocycles. The Morgan fingerprint density at radius 1 is 1.21 bits per heavy atom. The van der Waals surface area contributed by atoms with Crippen molar-refractivity contribution in [2.75, 3.05) is 31.1 Å². The van der Waals surface area contributed by atoms with E-state index in [1.807, 2.05) is 12.1 Å². The number of piperazine rings is 1. The van der Waals surface area contributed by atoms with Crippen molar-refractivity contribution in [3.05, 3.63) is 29.8 Å². The van der Waals surface area contributed by atoms with Gasteiger partial charge in [-0.05, 0) is 37.8 Å². The van der Waals surface area contributed by atoms with Gasteiger partial charge in [0.05, 0.1) is 0 Å². The number of hydrogen-bond donors (Lipinski definition) is 2. The average Bonchev–Trinajstić information content (AvgIpc) is 2.63. The molecular weight excluding hydrogens is 304 g/mol. The zero-order valence-electron chi connectivity index (χ0n) is 14.3. The van der Waals surface area contributed by atoms with Crippen LogP contribution in [0.5, 0.6) is 0 Å². The number of piperidine rings is 1. The van der Waals surface area contributed by atoms with Gasteiger partial charge < -0.3 is 20.4 Å². The lowest BCUT2D eigenvalue weighted by molar-refractivity contribution is -0.126. The first-order valence-corrected chi connectivity index (χ1v) is 8.82. The van der Waals surface area contributed by atoms with Gasteiger partial charge in [-0.1, -0.05) is 18.2 Å². The quantitative estimate of drug-likeness (QED) is 0.887. The molecule has 3 rings (SSSR count). The summed E-state index contributed by atoms with van der Waals surface area (Å²) in [5, 5.41) is 5.75. The molecule has 24 heavy (non-hydrogen) atoms. The van der Waals surface area contributed by atoms with Crippen molar-refractivity contribution in [3.8, 4) is 0 Å². The number of amides is 3. The topological polar surface area (TPSA) is 64.7 Å². The number of benzene rings is 1. The second kappa shape index (κ2) is 7.55. The highest BCUT2D eigenvalue weighted by Crippen LogP contribution is 2.24. The summed E-state index contributed by atoms with van der Waals surface area (Å²) >= 11 is 0. The van der Waals surface area contributed by atoms with Crippen molar-refractivity contribution in [3.63, 3.8) is 0 Å². The fourth-order valence-corrected chi connectivity index (χ4v) is 3.44. The van der Waals surface area contributed by atoms with Crippen LogP contribution < -0.4 is 15.5 Å². The summed E-state index contributed by atoms with van der Waals surface area (Å²) in [4.78, 5) is 28.1. The predicted octanol–water partition coefficient (Wildman–Crippen LogP) is 1.71. The highest BCUT2D eigenvalue weighted by Gasteiger charge is 2.29. The number of carbonyl (C=O) groups is 2. The Morgan fingerprint density at radius 2 is 1.96 bits per heavy atom. The van der Waals surface area contributed by atoms with E-state index in [-0.39, 0.29) is 11.9 Å². The van der Waals surface area contributed by atoms with E-state index in [4.69, 9.17) is 0 Å². The molecule has 3 amide bonds. The molecule has 2 aliphatic heterocycles. The summed E-state index contributed by atoms with van der Waals surface area (Å²) in [5.74, 6) is -0.0925. The van der Waals surface area contributed by atoms with Crippen LogP contribution in [-0.4, -0.2) is 49.1 Å². The van der Waals surface area contributed by atoms with E-state index in [1.54, 1.807) is 11.8 Å². The minimum Gasteiger partial charge on any atom is -0.371 e. The molecule has 0 aliphatic carbocycles. The second-order valence-electron chi connectivity index (χ2n) is 6.50. The normalized spacial score (nSPS) is 21.4. The first kappa shape index (κ1) is 16.6. The van der Waals surface area contributed by atoms with E-state index in [0.29, 0.717) is 19.6 Å². The van der Waals surface area contributed by atoms with Crippen LogP contribution in [0, 0.1) is 0 Å². The van der Waals surface area contributed by atoms with E-state index < -0.39 is 6.04 Å². The maximum atomic E-state index is 12.4. The lowest BCUT2D eigenvalue weighted by Crippen LogP contribution is -2.58. The standard InChI is InChI=1S/C18H26N4O2/c1-14-17(23)19-9-12-22(14)18(24)20-13-15-7-3-4-8-16(15)21-10-5-2-6-11-21/h3-4,7-8,14H,2,5-6,9-13H2,1H3,(H,19,23)(H,20,24)/t14-/m1/s1. The van der Waals surface area contributed by atoms with Gasteiger partial charge in [-0.25, -0.2) is 4.79 Å². The van der Waals surface area contributed by atoms with Crippen molar-refractivity contribution in [2.24, 2.45) is 0 Å². The lowest BCUT2D eigenvalue weighted by Gasteiger charge is -2.33. The molecule has 1 atom stereocenters. The molecule has 130 valence electrons. The molecule has 2 N–H and O–H groups in total. The lowest BCUT2D eigenvalue weighted by atomic mass is 10.1. The van der Waals surface area contributed by atoms with Crippen LogP contribution in [0.25, 0.3) is 0 Å². The highest BCUT2D eigenvalue weighted by molar-refractivity contribution is 5.87. The van der Waals surface area contributed by atoms with Gasteiger partial charge in [0.15, 0.2) is 0 Å². The molecule has 2 fully saturated rings. The van der Waals surface area contributed by atoms with Gasteiger partial charge in [0.1, 0.15) is 6.04 Å². The summed E-state index contributed by atoms with van der Waals surface area (Å²) in [6.45, 7) is 5.46. The summed E-state index contributed by atoms with van der Waals surface area (Å²) in [6, 6.07) is 7.65. The first-order valence-electron chi connectivity index (χ1n) is 8.82. The molecule has 0 radical (unpaired) electrons. The van der Waals surface area contributed by atoms with Crippen molar-refractivity contribution in [2.45, 2.75) is 38.8 Å². The number of para-hydroxylation sites is 1.